The Labute approximate surface area is 97.3 Å². The van der Waals surface area contributed by atoms with E-state index in [0.29, 0.717) is 25.5 Å². The summed E-state index contributed by atoms with van der Waals surface area (Å²) >= 11 is 0. The van der Waals surface area contributed by atoms with Gasteiger partial charge in [-0.1, -0.05) is 0 Å². The van der Waals surface area contributed by atoms with E-state index in [-0.39, 0.29) is 5.69 Å². The molecule has 0 spiro atoms. The molecule has 2 heterocycles. The van der Waals surface area contributed by atoms with Gasteiger partial charge in [-0.3, -0.25) is 0 Å². The van der Waals surface area contributed by atoms with Gasteiger partial charge in [0.25, 0.3) is 0 Å². The van der Waals surface area contributed by atoms with Crippen LogP contribution in [-0.2, 0) is 4.74 Å². The van der Waals surface area contributed by atoms with Gasteiger partial charge < -0.3 is 14.7 Å². The second-order valence-corrected chi connectivity index (χ2v) is 3.50. The van der Waals surface area contributed by atoms with Crippen molar-refractivity contribution in [2.24, 2.45) is 0 Å². The molecule has 0 amide bonds. The number of nitrogens with zero attached hydrogens (tertiary/aromatic N) is 4. The number of nitriles is 1. The van der Waals surface area contributed by atoms with E-state index in [0.717, 1.165) is 0 Å². The molecule has 1 aliphatic rings. The summed E-state index contributed by atoms with van der Waals surface area (Å²) in [4.78, 5) is 20.2. The largest absolute Gasteiger partial charge is 0.476 e. The summed E-state index contributed by atoms with van der Waals surface area (Å²) in [7, 11) is 0. The molecule has 0 bridgehead atoms. The van der Waals surface area contributed by atoms with E-state index in [1.807, 2.05) is 11.0 Å². The Balaban J connectivity index is 2.12. The number of hydrogen-bond donors (Lipinski definition) is 1. The lowest BCUT2D eigenvalue weighted by Gasteiger charge is -2.30. The van der Waals surface area contributed by atoms with Crippen molar-refractivity contribution in [1.82, 2.24) is 9.97 Å². The minimum absolute atomic E-state index is 0.0983. The second kappa shape index (κ2) is 4.76. The summed E-state index contributed by atoms with van der Waals surface area (Å²) in [6.07, 6.45) is 2.11. The molecule has 88 valence electrons. The predicted octanol–water partition coefficient (Wildman–Crippen LogP) is -0.0964. The molecule has 1 fully saturated rings. The highest BCUT2D eigenvalue weighted by atomic mass is 16.5. The van der Waals surface area contributed by atoms with Gasteiger partial charge in [-0.2, -0.15) is 5.26 Å². The van der Waals surface area contributed by atoms with Crippen LogP contribution in [0.3, 0.4) is 0 Å². The maximum atomic E-state index is 10.6. The van der Waals surface area contributed by atoms with Crippen molar-refractivity contribution < 1.29 is 14.6 Å². The van der Waals surface area contributed by atoms with E-state index in [1.54, 1.807) is 0 Å². The lowest BCUT2D eigenvalue weighted by atomic mass is 10.3. The number of aromatic carboxylic acids is 1. The van der Waals surface area contributed by atoms with E-state index >= 15 is 0 Å². The Morgan fingerprint density at radius 1 is 1.59 bits per heavy atom. The van der Waals surface area contributed by atoms with Crippen molar-refractivity contribution in [2.75, 3.05) is 24.6 Å². The molecule has 1 aromatic rings. The third-order valence-electron chi connectivity index (χ3n) is 2.39. The minimum Gasteiger partial charge on any atom is -0.476 e. The zero-order chi connectivity index (χ0) is 12.3. The number of aromatic nitrogens is 2. The lowest BCUT2D eigenvalue weighted by molar-refractivity contribution is 0.0689. The average molecular weight is 234 g/mol. The highest BCUT2D eigenvalue weighted by molar-refractivity contribution is 5.84. The molecule has 1 unspecified atom stereocenters. The molecule has 0 radical (unpaired) electrons. The molecule has 1 saturated heterocycles. The molecule has 1 N–H and O–H groups in total. The maximum Gasteiger partial charge on any atom is 0.356 e. The van der Waals surface area contributed by atoms with Crippen LogP contribution in [0.4, 0.5) is 5.82 Å². The summed E-state index contributed by atoms with van der Waals surface area (Å²) < 4.78 is 5.20. The highest BCUT2D eigenvalue weighted by Crippen LogP contribution is 2.13. The van der Waals surface area contributed by atoms with Crippen LogP contribution >= 0.6 is 0 Å². The van der Waals surface area contributed by atoms with Gasteiger partial charge in [0.15, 0.2) is 11.8 Å². The summed E-state index contributed by atoms with van der Waals surface area (Å²) in [5, 5.41) is 17.4. The molecule has 0 aliphatic carbocycles. The molecule has 17 heavy (non-hydrogen) atoms. The minimum atomic E-state index is -1.11. The maximum absolute atomic E-state index is 10.6. The Morgan fingerprint density at radius 2 is 2.41 bits per heavy atom. The quantitative estimate of drug-likeness (QED) is 0.762. The molecular weight excluding hydrogens is 224 g/mol. The van der Waals surface area contributed by atoms with Crippen LogP contribution in [0.25, 0.3) is 0 Å². The van der Waals surface area contributed by atoms with Gasteiger partial charge >= 0.3 is 5.97 Å². The Bertz CT molecular complexity index is 454. The van der Waals surface area contributed by atoms with Gasteiger partial charge in [0.2, 0.25) is 0 Å². The first kappa shape index (κ1) is 11.3. The number of hydrogen-bond acceptors (Lipinski definition) is 6. The Hall–Kier alpha value is -2.20. The van der Waals surface area contributed by atoms with Gasteiger partial charge in [0.05, 0.1) is 31.6 Å². The van der Waals surface area contributed by atoms with Crippen LogP contribution in [0.15, 0.2) is 12.4 Å². The van der Waals surface area contributed by atoms with Gasteiger partial charge in [-0.25, -0.2) is 14.8 Å². The summed E-state index contributed by atoms with van der Waals surface area (Å²) in [6, 6.07) is 2.03. The van der Waals surface area contributed by atoms with Crippen molar-refractivity contribution in [3.8, 4) is 6.07 Å². The third-order valence-corrected chi connectivity index (χ3v) is 2.39. The fourth-order valence-electron chi connectivity index (χ4n) is 1.53. The number of carbonyl (C=O) groups is 1. The summed E-state index contributed by atoms with van der Waals surface area (Å²) in [5.41, 5.74) is -0.0983. The lowest BCUT2D eigenvalue weighted by Crippen LogP contribution is -2.42. The number of carboxylic acids is 1. The van der Waals surface area contributed by atoms with Crippen molar-refractivity contribution in [3.05, 3.63) is 18.1 Å². The van der Waals surface area contributed by atoms with E-state index in [1.165, 1.54) is 12.4 Å². The van der Waals surface area contributed by atoms with Crippen LogP contribution in [0, 0.1) is 11.3 Å². The number of anilines is 1. The fraction of sp³-hybridized carbons (Fsp3) is 0.400. The zero-order valence-corrected chi connectivity index (χ0v) is 8.91. The zero-order valence-electron chi connectivity index (χ0n) is 8.91. The van der Waals surface area contributed by atoms with Crippen molar-refractivity contribution >= 4 is 11.8 Å². The van der Waals surface area contributed by atoms with Gasteiger partial charge in [0, 0.05) is 6.54 Å². The van der Waals surface area contributed by atoms with E-state index < -0.39 is 12.1 Å². The first-order valence-electron chi connectivity index (χ1n) is 5.02. The molecule has 7 heteroatoms. The number of rotatable bonds is 2. The molecule has 1 aliphatic heterocycles. The third kappa shape index (κ3) is 2.49. The van der Waals surface area contributed by atoms with E-state index in [4.69, 9.17) is 15.1 Å². The summed E-state index contributed by atoms with van der Waals surface area (Å²) in [5.74, 6) is -0.556. The van der Waals surface area contributed by atoms with Crippen LogP contribution in [0.1, 0.15) is 10.5 Å². The van der Waals surface area contributed by atoms with Crippen LogP contribution in [0.5, 0.6) is 0 Å². The molecule has 2 rings (SSSR count). The highest BCUT2D eigenvalue weighted by Gasteiger charge is 2.21. The van der Waals surface area contributed by atoms with Gasteiger partial charge in [-0.05, 0) is 0 Å². The second-order valence-electron chi connectivity index (χ2n) is 3.50. The number of morpholine rings is 1. The van der Waals surface area contributed by atoms with Crippen molar-refractivity contribution in [2.45, 2.75) is 6.10 Å². The molecule has 1 atom stereocenters. The average Bonchev–Trinajstić information content (AvgIpc) is 2.39. The van der Waals surface area contributed by atoms with E-state index in [2.05, 4.69) is 9.97 Å². The fourth-order valence-corrected chi connectivity index (χ4v) is 1.53. The topological polar surface area (TPSA) is 99.3 Å². The monoisotopic (exact) mass is 234 g/mol. The molecule has 7 nitrogen and oxygen atoms in total. The molecular formula is C10H10N4O3. The number of carboxylic acid groups (broad SMARTS) is 1. The summed E-state index contributed by atoms with van der Waals surface area (Å²) in [6.45, 7) is 1.47. The Morgan fingerprint density at radius 3 is 3.00 bits per heavy atom. The normalized spacial score (nSPS) is 19.7. The van der Waals surface area contributed by atoms with Gasteiger partial charge in [-0.15, -0.1) is 0 Å². The first-order chi connectivity index (χ1) is 8.20. The van der Waals surface area contributed by atoms with Crippen LogP contribution in [-0.4, -0.2) is 46.8 Å². The van der Waals surface area contributed by atoms with Crippen LogP contribution < -0.4 is 4.90 Å². The van der Waals surface area contributed by atoms with Gasteiger partial charge in [0.1, 0.15) is 5.82 Å². The SMILES string of the molecule is N#CC1CN(c2cnc(C(=O)O)cn2)CCO1. The Kier molecular flexibility index (Phi) is 3.16. The predicted molar refractivity (Wildman–Crippen MR) is 56.6 cm³/mol. The smallest absolute Gasteiger partial charge is 0.356 e. The molecule has 0 aromatic carbocycles. The molecule has 1 aromatic heterocycles. The number of ether oxygens (including phenoxy) is 1. The molecule has 0 saturated carbocycles. The van der Waals surface area contributed by atoms with Crippen LogP contribution in [0.2, 0.25) is 0 Å². The standard InChI is InChI=1S/C10H10N4O3/c11-3-7-6-14(1-2-17-7)9-5-12-8(4-13-9)10(15)16/h4-5,7H,1-2,6H2,(H,15,16). The first-order valence-corrected chi connectivity index (χ1v) is 5.02. The van der Waals surface area contributed by atoms with Crippen molar-refractivity contribution in [1.29, 1.82) is 5.26 Å². The van der Waals surface area contributed by atoms with E-state index in [9.17, 15) is 4.79 Å². The van der Waals surface area contributed by atoms with Crippen molar-refractivity contribution in [3.63, 3.8) is 0 Å².